The van der Waals surface area contributed by atoms with Crippen LogP contribution in [-0.4, -0.2) is 45.3 Å². The third-order valence-corrected chi connectivity index (χ3v) is 5.05. The Labute approximate surface area is 152 Å². The molecule has 4 nitrogen and oxygen atoms in total. The summed E-state index contributed by atoms with van der Waals surface area (Å²) >= 11 is 1.65. The number of halogens is 2. The molecule has 1 fully saturated rings. The second-order valence-electron chi connectivity index (χ2n) is 5.43. The molecule has 1 atom stereocenters. The van der Waals surface area contributed by atoms with Gasteiger partial charge in [0.1, 0.15) is 5.82 Å². The van der Waals surface area contributed by atoms with Gasteiger partial charge < -0.3 is 14.8 Å². The first-order chi connectivity index (χ1) is 11.2. The van der Waals surface area contributed by atoms with Gasteiger partial charge in [0, 0.05) is 42.7 Å². The number of nitrogens with zero attached hydrogens (tertiary/aromatic N) is 1. The van der Waals surface area contributed by atoms with E-state index in [9.17, 15) is 4.39 Å². The SMILES string of the molecule is COc1cc(F)c([C@@H](c2cccs2)N2CCNCC2)cc1OC.Cl. The van der Waals surface area contributed by atoms with E-state index in [2.05, 4.69) is 16.3 Å². The normalized spacial score (nSPS) is 16.3. The molecule has 2 aromatic rings. The largest absolute Gasteiger partial charge is 0.493 e. The lowest BCUT2D eigenvalue weighted by Crippen LogP contribution is -2.45. The molecule has 0 unspecified atom stereocenters. The monoisotopic (exact) mass is 372 g/mol. The first kappa shape index (κ1) is 19.0. The van der Waals surface area contributed by atoms with E-state index in [0.29, 0.717) is 17.1 Å². The first-order valence-corrected chi connectivity index (χ1v) is 8.52. The van der Waals surface area contributed by atoms with Gasteiger partial charge in [-0.2, -0.15) is 0 Å². The van der Waals surface area contributed by atoms with Crippen LogP contribution in [0.2, 0.25) is 0 Å². The Kier molecular flexibility index (Phi) is 6.86. The van der Waals surface area contributed by atoms with Crippen molar-refractivity contribution in [2.45, 2.75) is 6.04 Å². The second-order valence-corrected chi connectivity index (χ2v) is 6.41. The van der Waals surface area contributed by atoms with Crippen LogP contribution < -0.4 is 14.8 Å². The van der Waals surface area contributed by atoms with E-state index in [-0.39, 0.29) is 24.3 Å². The number of thiophene rings is 1. The molecule has 1 aliphatic rings. The highest BCUT2D eigenvalue weighted by Crippen LogP contribution is 2.38. The van der Waals surface area contributed by atoms with E-state index in [1.807, 2.05) is 11.4 Å². The van der Waals surface area contributed by atoms with Crippen LogP contribution in [0.1, 0.15) is 16.5 Å². The molecule has 1 N–H and O–H groups in total. The van der Waals surface area contributed by atoms with Gasteiger partial charge in [-0.25, -0.2) is 4.39 Å². The fourth-order valence-electron chi connectivity index (χ4n) is 3.00. The molecule has 24 heavy (non-hydrogen) atoms. The number of ether oxygens (including phenoxy) is 2. The molecule has 2 heterocycles. The van der Waals surface area contributed by atoms with Crippen molar-refractivity contribution in [1.29, 1.82) is 0 Å². The highest BCUT2D eigenvalue weighted by Gasteiger charge is 2.28. The second kappa shape index (κ2) is 8.67. The number of nitrogens with one attached hydrogen (secondary N) is 1. The van der Waals surface area contributed by atoms with Gasteiger partial charge in [0.05, 0.1) is 20.3 Å². The predicted octanol–water partition coefficient (Wildman–Crippen LogP) is 3.32. The molecule has 3 rings (SSSR count). The van der Waals surface area contributed by atoms with Crippen LogP contribution in [0.5, 0.6) is 11.5 Å². The summed E-state index contributed by atoms with van der Waals surface area (Å²) in [6.45, 7) is 3.60. The highest BCUT2D eigenvalue weighted by molar-refractivity contribution is 7.10. The quantitative estimate of drug-likeness (QED) is 0.873. The maximum absolute atomic E-state index is 14.8. The molecule has 1 saturated heterocycles. The van der Waals surface area contributed by atoms with E-state index < -0.39 is 0 Å². The molecule has 0 radical (unpaired) electrons. The number of piperazine rings is 1. The Balaban J connectivity index is 0.00000208. The first-order valence-electron chi connectivity index (χ1n) is 7.64. The Hall–Kier alpha value is -1.34. The van der Waals surface area contributed by atoms with E-state index in [4.69, 9.17) is 9.47 Å². The molecule has 0 amide bonds. The van der Waals surface area contributed by atoms with Crippen LogP contribution >= 0.6 is 23.7 Å². The van der Waals surface area contributed by atoms with E-state index in [0.717, 1.165) is 31.1 Å². The van der Waals surface area contributed by atoms with Crippen molar-refractivity contribution in [2.75, 3.05) is 40.4 Å². The van der Waals surface area contributed by atoms with Gasteiger partial charge in [-0.05, 0) is 17.5 Å². The molecular formula is C17H22ClFN2O2S. The lowest BCUT2D eigenvalue weighted by atomic mass is 10.0. The van der Waals surface area contributed by atoms with Crippen LogP contribution in [0, 0.1) is 5.82 Å². The third kappa shape index (κ3) is 3.83. The Morgan fingerprint density at radius 2 is 1.83 bits per heavy atom. The number of methoxy groups -OCH3 is 2. The number of benzene rings is 1. The lowest BCUT2D eigenvalue weighted by molar-refractivity contribution is 0.197. The van der Waals surface area contributed by atoms with Crippen LogP contribution in [0.3, 0.4) is 0 Å². The van der Waals surface area contributed by atoms with Crippen molar-refractivity contribution in [3.8, 4) is 11.5 Å². The summed E-state index contributed by atoms with van der Waals surface area (Å²) in [6, 6.07) is 7.15. The summed E-state index contributed by atoms with van der Waals surface area (Å²) in [5.74, 6) is 0.708. The molecule has 1 aromatic heterocycles. The van der Waals surface area contributed by atoms with Crippen LogP contribution in [0.15, 0.2) is 29.6 Å². The molecule has 132 valence electrons. The van der Waals surface area contributed by atoms with Gasteiger partial charge in [-0.15, -0.1) is 23.7 Å². The van der Waals surface area contributed by atoms with Crippen molar-refractivity contribution in [3.05, 3.63) is 45.9 Å². The van der Waals surface area contributed by atoms with Crippen molar-refractivity contribution >= 4 is 23.7 Å². The van der Waals surface area contributed by atoms with Crippen LogP contribution in [-0.2, 0) is 0 Å². The molecule has 1 aromatic carbocycles. The van der Waals surface area contributed by atoms with Crippen molar-refractivity contribution in [1.82, 2.24) is 10.2 Å². The smallest absolute Gasteiger partial charge is 0.163 e. The lowest BCUT2D eigenvalue weighted by Gasteiger charge is -2.35. The van der Waals surface area contributed by atoms with Gasteiger partial charge in [0.15, 0.2) is 11.5 Å². The highest BCUT2D eigenvalue weighted by atomic mass is 35.5. The average Bonchev–Trinajstić information content (AvgIpc) is 3.11. The third-order valence-electron chi connectivity index (χ3n) is 4.13. The molecule has 0 saturated carbocycles. The van der Waals surface area contributed by atoms with Crippen LogP contribution in [0.25, 0.3) is 0 Å². The summed E-state index contributed by atoms with van der Waals surface area (Å²) < 4.78 is 25.3. The zero-order valence-corrected chi connectivity index (χ0v) is 15.4. The fourth-order valence-corrected chi connectivity index (χ4v) is 3.87. The van der Waals surface area contributed by atoms with Gasteiger partial charge in [0.25, 0.3) is 0 Å². The Bertz CT molecular complexity index is 648. The zero-order valence-electron chi connectivity index (χ0n) is 13.8. The van der Waals surface area contributed by atoms with Crippen molar-refractivity contribution in [3.63, 3.8) is 0 Å². The van der Waals surface area contributed by atoms with Gasteiger partial charge in [-0.3, -0.25) is 4.90 Å². The summed E-state index contributed by atoms with van der Waals surface area (Å²) in [6.07, 6.45) is 0. The van der Waals surface area contributed by atoms with Crippen molar-refractivity contribution in [2.24, 2.45) is 0 Å². The molecule has 7 heteroatoms. The average molecular weight is 373 g/mol. The number of rotatable bonds is 5. The minimum atomic E-state index is -0.264. The van der Waals surface area contributed by atoms with Gasteiger partial charge >= 0.3 is 0 Å². The summed E-state index contributed by atoms with van der Waals surface area (Å²) in [5.41, 5.74) is 0.631. The maximum Gasteiger partial charge on any atom is 0.163 e. The zero-order chi connectivity index (χ0) is 16.2. The Morgan fingerprint density at radius 1 is 1.17 bits per heavy atom. The molecular weight excluding hydrogens is 351 g/mol. The molecule has 0 aliphatic carbocycles. The Morgan fingerprint density at radius 3 is 2.42 bits per heavy atom. The van der Waals surface area contributed by atoms with Gasteiger partial charge in [-0.1, -0.05) is 6.07 Å². The molecule has 0 spiro atoms. The van der Waals surface area contributed by atoms with Crippen LogP contribution in [0.4, 0.5) is 4.39 Å². The number of hydrogen-bond acceptors (Lipinski definition) is 5. The maximum atomic E-state index is 14.8. The summed E-state index contributed by atoms with van der Waals surface area (Å²) in [5, 5.41) is 5.38. The molecule has 0 bridgehead atoms. The van der Waals surface area contributed by atoms with Gasteiger partial charge in [0.2, 0.25) is 0 Å². The molecule has 1 aliphatic heterocycles. The van der Waals surface area contributed by atoms with E-state index in [1.165, 1.54) is 13.2 Å². The predicted molar refractivity (Wildman–Crippen MR) is 97.4 cm³/mol. The summed E-state index contributed by atoms with van der Waals surface area (Å²) in [7, 11) is 3.09. The minimum Gasteiger partial charge on any atom is -0.493 e. The fraction of sp³-hybridized carbons (Fsp3) is 0.412. The standard InChI is InChI=1S/C17H21FN2O2S.ClH/c1-21-14-10-12(13(18)11-15(14)22-2)17(16-4-3-9-23-16)20-7-5-19-6-8-20;/h3-4,9-11,17,19H,5-8H2,1-2H3;1H/t17-;/m0./s1. The van der Waals surface area contributed by atoms with E-state index >= 15 is 0 Å². The topological polar surface area (TPSA) is 33.7 Å². The van der Waals surface area contributed by atoms with Crippen molar-refractivity contribution < 1.29 is 13.9 Å². The number of hydrogen-bond donors (Lipinski definition) is 1. The summed E-state index contributed by atoms with van der Waals surface area (Å²) in [4.78, 5) is 3.45. The minimum absolute atomic E-state index is 0. The van der Waals surface area contributed by atoms with E-state index in [1.54, 1.807) is 24.5 Å².